The van der Waals surface area contributed by atoms with Crippen LogP contribution in [-0.4, -0.2) is 53.3 Å². The highest BCUT2D eigenvalue weighted by molar-refractivity contribution is 6.30. The normalized spacial score (nSPS) is 21.1. The van der Waals surface area contributed by atoms with Crippen LogP contribution < -0.4 is 5.73 Å². The summed E-state index contributed by atoms with van der Waals surface area (Å²) in [6.45, 7) is 6.04. The molecule has 2 amide bonds. The van der Waals surface area contributed by atoms with Crippen molar-refractivity contribution in [2.45, 2.75) is 70.9 Å². The van der Waals surface area contributed by atoms with E-state index in [9.17, 15) is 9.59 Å². The molecule has 1 aliphatic heterocycles. The Kier molecular flexibility index (Phi) is 8.18. The Morgan fingerprint density at radius 3 is 2.43 bits per heavy atom. The number of rotatable bonds is 7. The van der Waals surface area contributed by atoms with Crippen molar-refractivity contribution < 1.29 is 9.59 Å². The number of benzene rings is 1. The Morgan fingerprint density at radius 1 is 1.13 bits per heavy atom. The lowest BCUT2D eigenvalue weighted by Gasteiger charge is -2.35. The monoisotopic (exact) mass is 433 g/mol. The average Bonchev–Trinajstić information content (AvgIpc) is 3.23. The quantitative estimate of drug-likeness (QED) is 0.709. The zero-order chi connectivity index (χ0) is 21.7. The third kappa shape index (κ3) is 5.98. The summed E-state index contributed by atoms with van der Waals surface area (Å²) in [5, 5.41) is 0.675. The van der Waals surface area contributed by atoms with E-state index in [1.807, 2.05) is 43.0 Å². The molecule has 2 atom stereocenters. The fraction of sp³-hybridized carbons (Fsp3) is 0.667. The van der Waals surface area contributed by atoms with E-state index in [1.165, 1.54) is 32.1 Å². The van der Waals surface area contributed by atoms with Crippen molar-refractivity contribution in [1.29, 1.82) is 0 Å². The number of nitrogens with zero attached hydrogens (tertiary/aromatic N) is 2. The second kappa shape index (κ2) is 10.6. The number of carbonyl (C=O) groups is 2. The number of amides is 2. The summed E-state index contributed by atoms with van der Waals surface area (Å²) < 4.78 is 0. The van der Waals surface area contributed by atoms with E-state index in [-0.39, 0.29) is 23.8 Å². The first kappa shape index (κ1) is 23.1. The topological polar surface area (TPSA) is 66.6 Å². The first-order valence-corrected chi connectivity index (χ1v) is 11.8. The molecule has 166 valence electrons. The molecule has 3 rings (SSSR count). The predicted molar refractivity (Wildman–Crippen MR) is 121 cm³/mol. The van der Waals surface area contributed by atoms with Crippen molar-refractivity contribution in [3.63, 3.8) is 0 Å². The van der Waals surface area contributed by atoms with Crippen LogP contribution in [0.25, 0.3) is 0 Å². The summed E-state index contributed by atoms with van der Waals surface area (Å²) in [6.07, 6.45) is 7.60. The third-order valence-electron chi connectivity index (χ3n) is 6.56. The molecule has 0 radical (unpaired) electrons. The van der Waals surface area contributed by atoms with Gasteiger partial charge in [0.05, 0.1) is 12.1 Å². The van der Waals surface area contributed by atoms with Crippen LogP contribution >= 0.6 is 11.6 Å². The molecule has 0 bridgehead atoms. The maximum atomic E-state index is 13.0. The van der Waals surface area contributed by atoms with Crippen molar-refractivity contribution in [1.82, 2.24) is 9.80 Å². The fourth-order valence-corrected chi connectivity index (χ4v) is 4.92. The van der Waals surface area contributed by atoms with E-state index in [2.05, 4.69) is 4.90 Å². The van der Waals surface area contributed by atoms with Crippen LogP contribution in [0.2, 0.25) is 5.02 Å². The minimum atomic E-state index is -0.572. The molecule has 5 nitrogen and oxygen atoms in total. The van der Waals surface area contributed by atoms with Gasteiger partial charge in [-0.15, -0.1) is 0 Å². The van der Waals surface area contributed by atoms with Gasteiger partial charge in [0.25, 0.3) is 0 Å². The molecule has 6 heteroatoms. The molecule has 1 aromatic carbocycles. The molecule has 0 spiro atoms. The maximum absolute atomic E-state index is 13.0. The van der Waals surface area contributed by atoms with E-state index in [1.54, 1.807) is 0 Å². The van der Waals surface area contributed by atoms with Gasteiger partial charge in [-0.2, -0.15) is 0 Å². The van der Waals surface area contributed by atoms with Crippen LogP contribution in [0.5, 0.6) is 0 Å². The summed E-state index contributed by atoms with van der Waals surface area (Å²) in [6, 6.07) is 7.00. The van der Waals surface area contributed by atoms with Gasteiger partial charge in [0, 0.05) is 30.6 Å². The van der Waals surface area contributed by atoms with E-state index in [0.29, 0.717) is 30.5 Å². The van der Waals surface area contributed by atoms with Crippen LogP contribution in [0.15, 0.2) is 24.3 Å². The zero-order valence-electron chi connectivity index (χ0n) is 18.4. The lowest BCUT2D eigenvalue weighted by atomic mass is 9.88. The van der Waals surface area contributed by atoms with Crippen LogP contribution in [-0.2, 0) is 16.0 Å². The summed E-state index contributed by atoms with van der Waals surface area (Å²) in [4.78, 5) is 29.9. The largest absolute Gasteiger partial charge is 0.339 e. The zero-order valence-corrected chi connectivity index (χ0v) is 19.1. The molecule has 2 N–H and O–H groups in total. The molecule has 1 saturated carbocycles. The van der Waals surface area contributed by atoms with Gasteiger partial charge in [0.2, 0.25) is 11.8 Å². The van der Waals surface area contributed by atoms with E-state index in [0.717, 1.165) is 18.5 Å². The summed E-state index contributed by atoms with van der Waals surface area (Å²) in [5.74, 6) is 0.760. The van der Waals surface area contributed by atoms with Gasteiger partial charge < -0.3 is 15.5 Å². The van der Waals surface area contributed by atoms with E-state index >= 15 is 0 Å². The number of halogens is 1. The molecular weight excluding hydrogens is 398 g/mol. The Morgan fingerprint density at radius 2 is 1.80 bits per heavy atom. The summed E-state index contributed by atoms with van der Waals surface area (Å²) in [5.41, 5.74) is 7.25. The van der Waals surface area contributed by atoms with Crippen molar-refractivity contribution in [3.05, 3.63) is 34.9 Å². The highest BCUT2D eigenvalue weighted by Gasteiger charge is 2.36. The molecule has 2 fully saturated rings. The van der Waals surface area contributed by atoms with Crippen molar-refractivity contribution in [3.8, 4) is 0 Å². The van der Waals surface area contributed by atoms with Gasteiger partial charge in [0.15, 0.2) is 0 Å². The van der Waals surface area contributed by atoms with Crippen molar-refractivity contribution in [2.24, 2.45) is 17.6 Å². The van der Waals surface area contributed by atoms with Crippen LogP contribution in [0.4, 0.5) is 0 Å². The molecule has 30 heavy (non-hydrogen) atoms. The lowest BCUT2D eigenvalue weighted by molar-refractivity contribution is -0.138. The summed E-state index contributed by atoms with van der Waals surface area (Å²) >= 11 is 5.94. The fourth-order valence-electron chi connectivity index (χ4n) is 4.79. The second-order valence-electron chi connectivity index (χ2n) is 9.31. The first-order chi connectivity index (χ1) is 14.3. The Labute approximate surface area is 185 Å². The minimum absolute atomic E-state index is 0.0227. The molecule has 1 aliphatic carbocycles. The highest BCUT2D eigenvalue weighted by atomic mass is 35.5. The highest BCUT2D eigenvalue weighted by Crippen LogP contribution is 2.27. The van der Waals surface area contributed by atoms with Gasteiger partial charge >= 0.3 is 0 Å². The lowest BCUT2D eigenvalue weighted by Crippen LogP contribution is -2.49. The van der Waals surface area contributed by atoms with Crippen LogP contribution in [0.1, 0.15) is 57.9 Å². The molecule has 0 aromatic heterocycles. The minimum Gasteiger partial charge on any atom is -0.339 e. The second-order valence-corrected chi connectivity index (χ2v) is 9.75. The standard InChI is InChI=1S/C24H36ClN3O2/c1-17(2)23(29)28(15-19-6-4-3-5-7-19)21-12-13-27(16-21)24(30)22(26)14-18-8-10-20(25)11-9-18/h8-11,17,19,21-22H,3-7,12-16,26H2,1-2H3/t21-,22+/m0/s1. The maximum Gasteiger partial charge on any atom is 0.239 e. The number of hydrogen-bond acceptors (Lipinski definition) is 3. The SMILES string of the molecule is CC(C)C(=O)N(CC1CCCCC1)[C@H]1CCN(C(=O)[C@H](N)Cc2ccc(Cl)cc2)C1. The Bertz CT molecular complexity index is 716. The molecule has 2 aliphatic rings. The summed E-state index contributed by atoms with van der Waals surface area (Å²) in [7, 11) is 0. The van der Waals surface area contributed by atoms with Crippen molar-refractivity contribution in [2.75, 3.05) is 19.6 Å². The van der Waals surface area contributed by atoms with Gasteiger partial charge in [0.1, 0.15) is 0 Å². The van der Waals surface area contributed by atoms with Crippen LogP contribution in [0, 0.1) is 11.8 Å². The first-order valence-electron chi connectivity index (χ1n) is 11.4. The predicted octanol–water partition coefficient (Wildman–Crippen LogP) is 3.88. The van der Waals surface area contributed by atoms with Gasteiger partial charge in [-0.1, -0.05) is 56.8 Å². The Balaban J connectivity index is 1.60. The van der Waals surface area contributed by atoms with E-state index in [4.69, 9.17) is 17.3 Å². The van der Waals surface area contributed by atoms with Crippen LogP contribution in [0.3, 0.4) is 0 Å². The molecule has 1 saturated heterocycles. The molecule has 1 heterocycles. The molecule has 1 aromatic rings. The number of likely N-dealkylation sites (tertiary alicyclic amines) is 1. The molecular formula is C24H36ClN3O2. The van der Waals surface area contributed by atoms with Crippen molar-refractivity contribution >= 4 is 23.4 Å². The smallest absolute Gasteiger partial charge is 0.239 e. The van der Waals surface area contributed by atoms with E-state index < -0.39 is 6.04 Å². The average molecular weight is 434 g/mol. The third-order valence-corrected chi connectivity index (χ3v) is 6.81. The number of nitrogens with two attached hydrogens (primary N) is 1. The van der Waals surface area contributed by atoms with Gasteiger partial charge in [-0.25, -0.2) is 0 Å². The molecule has 0 unspecified atom stereocenters. The van der Waals surface area contributed by atoms with Gasteiger partial charge in [-0.05, 0) is 49.3 Å². The Hall–Kier alpha value is -1.59. The number of carbonyl (C=O) groups excluding carboxylic acids is 2. The van der Waals surface area contributed by atoms with Gasteiger partial charge in [-0.3, -0.25) is 9.59 Å². The number of hydrogen-bond donors (Lipinski definition) is 1.